The normalized spacial score (nSPS) is 60.2. The number of rotatable bonds is 1. The van der Waals surface area contributed by atoms with E-state index in [2.05, 4.69) is 13.8 Å². The highest BCUT2D eigenvalue weighted by atomic mass is 16.3. The van der Waals surface area contributed by atoms with Gasteiger partial charge in [-0.15, -0.1) is 0 Å². The maximum absolute atomic E-state index is 11.0. The quantitative estimate of drug-likeness (QED) is 0.590. The summed E-state index contributed by atoms with van der Waals surface area (Å²) in [6.45, 7) is 4.37. The average molecular weight is 338 g/mol. The molecular weight excluding hydrogens is 304 g/mol. The van der Waals surface area contributed by atoms with Crippen molar-refractivity contribution in [1.82, 2.24) is 0 Å². The summed E-state index contributed by atoms with van der Waals surface area (Å²) >= 11 is 0. The van der Waals surface area contributed by atoms with Crippen molar-refractivity contribution in [2.45, 2.75) is 83.0 Å². The molecule has 0 aromatic heterocycles. The molecule has 0 aliphatic heterocycles. The molecule has 4 unspecified atom stereocenters. The van der Waals surface area contributed by atoms with Crippen molar-refractivity contribution < 1.29 is 20.4 Å². The van der Waals surface area contributed by atoms with Gasteiger partial charge in [0.05, 0.1) is 24.4 Å². The van der Waals surface area contributed by atoms with E-state index in [1.165, 1.54) is 0 Å². The van der Waals surface area contributed by atoms with Gasteiger partial charge >= 0.3 is 0 Å². The molecule has 4 nitrogen and oxygen atoms in total. The minimum absolute atomic E-state index is 0.114. The Morgan fingerprint density at radius 1 is 0.875 bits per heavy atom. The van der Waals surface area contributed by atoms with Crippen molar-refractivity contribution in [2.24, 2.45) is 34.5 Å². The first kappa shape index (κ1) is 17.3. The molecule has 0 spiro atoms. The molecule has 4 fully saturated rings. The highest BCUT2D eigenvalue weighted by Crippen LogP contribution is 2.68. The van der Waals surface area contributed by atoms with Gasteiger partial charge in [0, 0.05) is 5.41 Å². The van der Waals surface area contributed by atoms with E-state index in [-0.39, 0.29) is 35.6 Å². The van der Waals surface area contributed by atoms with Gasteiger partial charge in [-0.05, 0) is 80.5 Å². The third-order valence-electron chi connectivity index (χ3n) is 9.23. The molecule has 4 saturated carbocycles. The topological polar surface area (TPSA) is 80.9 Å². The lowest BCUT2D eigenvalue weighted by molar-refractivity contribution is -0.193. The van der Waals surface area contributed by atoms with Crippen LogP contribution in [0.25, 0.3) is 0 Å². The molecule has 0 bridgehead atoms. The van der Waals surface area contributed by atoms with E-state index >= 15 is 0 Å². The number of fused-ring (bicyclic) bond motifs is 5. The summed E-state index contributed by atoms with van der Waals surface area (Å²) in [5.41, 5.74) is -1.06. The van der Waals surface area contributed by atoms with Crippen LogP contribution in [0.3, 0.4) is 0 Å². The second kappa shape index (κ2) is 5.42. The Balaban J connectivity index is 1.67. The van der Waals surface area contributed by atoms with Gasteiger partial charge in [0.1, 0.15) is 0 Å². The monoisotopic (exact) mass is 338 g/mol. The predicted octanol–water partition coefficient (Wildman–Crippen LogP) is 2.08. The van der Waals surface area contributed by atoms with Crippen molar-refractivity contribution in [3.05, 3.63) is 0 Å². The average Bonchev–Trinajstić information content (AvgIpc) is 2.82. The van der Waals surface area contributed by atoms with Crippen LogP contribution in [0.5, 0.6) is 0 Å². The molecule has 4 aliphatic carbocycles. The Kier molecular flexibility index (Phi) is 3.90. The second-order valence-corrected chi connectivity index (χ2v) is 9.90. The van der Waals surface area contributed by atoms with Crippen molar-refractivity contribution in [2.75, 3.05) is 6.61 Å². The molecule has 24 heavy (non-hydrogen) atoms. The van der Waals surface area contributed by atoms with Crippen LogP contribution in [0.1, 0.15) is 65.2 Å². The Morgan fingerprint density at radius 3 is 2.29 bits per heavy atom. The van der Waals surface area contributed by atoms with Crippen LogP contribution in [0.15, 0.2) is 0 Å². The van der Waals surface area contributed by atoms with E-state index in [4.69, 9.17) is 0 Å². The third-order valence-corrected chi connectivity index (χ3v) is 9.23. The summed E-state index contributed by atoms with van der Waals surface area (Å²) in [5.74, 6) is 1.63. The van der Waals surface area contributed by atoms with E-state index in [1.807, 2.05) is 0 Å². The van der Waals surface area contributed by atoms with Gasteiger partial charge in [0.2, 0.25) is 0 Å². The van der Waals surface area contributed by atoms with Crippen LogP contribution in [0.2, 0.25) is 0 Å². The Morgan fingerprint density at radius 2 is 1.58 bits per heavy atom. The van der Waals surface area contributed by atoms with E-state index in [0.717, 1.165) is 44.9 Å². The Bertz CT molecular complexity index is 510. The summed E-state index contributed by atoms with van der Waals surface area (Å²) in [6, 6.07) is 0. The number of aliphatic hydroxyl groups is 4. The summed E-state index contributed by atoms with van der Waals surface area (Å²) in [6.07, 6.45) is 6.50. The molecule has 0 heterocycles. The molecule has 4 aliphatic rings. The highest BCUT2D eigenvalue weighted by molar-refractivity contribution is 5.15. The smallest absolute Gasteiger partial charge is 0.0933 e. The fraction of sp³-hybridized carbons (Fsp3) is 1.00. The molecule has 4 heteroatoms. The van der Waals surface area contributed by atoms with Crippen LogP contribution in [-0.2, 0) is 0 Å². The van der Waals surface area contributed by atoms with E-state index in [0.29, 0.717) is 24.2 Å². The molecule has 0 aromatic carbocycles. The number of aliphatic hydroxyl groups excluding tert-OH is 3. The number of hydrogen-bond donors (Lipinski definition) is 4. The summed E-state index contributed by atoms with van der Waals surface area (Å²) in [5, 5.41) is 41.8. The fourth-order valence-electron chi connectivity index (χ4n) is 7.65. The standard InChI is InChI=1S/C20H34O4/c1-18-6-3-12(22)9-16(18)17(23)10-13-14(18)4-7-19(2)15(13)5-8-20(19,24)11-21/h12-17,21-24H,3-11H2,1-2H3/t12?,13-,14+,15+,16?,17?,18-,19+,20?/m1/s1. The van der Waals surface area contributed by atoms with Gasteiger partial charge in [-0.3, -0.25) is 0 Å². The SMILES string of the molecule is C[C@]12CCC(O)CC1C(O)C[C@@H]1[C@@H]2CC[C@@]2(C)[C@H]1CCC2(O)CO. The van der Waals surface area contributed by atoms with E-state index in [9.17, 15) is 20.4 Å². The third kappa shape index (κ3) is 2.06. The lowest BCUT2D eigenvalue weighted by Crippen LogP contribution is -2.60. The predicted molar refractivity (Wildman–Crippen MR) is 91.2 cm³/mol. The van der Waals surface area contributed by atoms with Gasteiger partial charge in [-0.2, -0.15) is 0 Å². The molecule has 0 radical (unpaired) electrons. The lowest BCUT2D eigenvalue weighted by Gasteiger charge is -2.62. The molecule has 9 atom stereocenters. The lowest BCUT2D eigenvalue weighted by atomic mass is 9.44. The molecule has 4 rings (SSSR count). The van der Waals surface area contributed by atoms with Crippen molar-refractivity contribution in [3.8, 4) is 0 Å². The van der Waals surface area contributed by atoms with Gasteiger partial charge in [-0.1, -0.05) is 13.8 Å². The first-order valence-corrected chi connectivity index (χ1v) is 9.94. The summed E-state index contributed by atoms with van der Waals surface area (Å²) < 4.78 is 0. The number of hydrogen-bond acceptors (Lipinski definition) is 4. The maximum atomic E-state index is 11.0. The van der Waals surface area contributed by atoms with Crippen LogP contribution >= 0.6 is 0 Å². The second-order valence-electron chi connectivity index (χ2n) is 9.90. The van der Waals surface area contributed by atoms with Gasteiger partial charge < -0.3 is 20.4 Å². The summed E-state index contributed by atoms with van der Waals surface area (Å²) in [4.78, 5) is 0. The minimum Gasteiger partial charge on any atom is -0.393 e. The Hall–Kier alpha value is -0.160. The minimum atomic E-state index is -0.950. The summed E-state index contributed by atoms with van der Waals surface area (Å²) in [7, 11) is 0. The zero-order valence-corrected chi connectivity index (χ0v) is 15.1. The first-order chi connectivity index (χ1) is 11.2. The maximum Gasteiger partial charge on any atom is 0.0933 e. The van der Waals surface area contributed by atoms with Crippen molar-refractivity contribution in [3.63, 3.8) is 0 Å². The van der Waals surface area contributed by atoms with Crippen LogP contribution in [0.4, 0.5) is 0 Å². The highest BCUT2D eigenvalue weighted by Gasteiger charge is 2.65. The van der Waals surface area contributed by atoms with Gasteiger partial charge in [-0.25, -0.2) is 0 Å². The molecule has 0 aromatic rings. The zero-order valence-electron chi connectivity index (χ0n) is 15.1. The van der Waals surface area contributed by atoms with Crippen molar-refractivity contribution in [1.29, 1.82) is 0 Å². The fourth-order valence-corrected chi connectivity index (χ4v) is 7.65. The Labute approximate surface area is 145 Å². The van der Waals surface area contributed by atoms with Crippen LogP contribution in [0, 0.1) is 34.5 Å². The van der Waals surface area contributed by atoms with E-state index in [1.54, 1.807) is 0 Å². The largest absolute Gasteiger partial charge is 0.393 e. The van der Waals surface area contributed by atoms with Crippen LogP contribution in [-0.4, -0.2) is 44.8 Å². The van der Waals surface area contributed by atoms with Crippen molar-refractivity contribution >= 4 is 0 Å². The zero-order chi connectivity index (χ0) is 17.3. The molecule has 4 N–H and O–H groups in total. The molecular formula is C20H34O4. The van der Waals surface area contributed by atoms with E-state index < -0.39 is 5.60 Å². The van der Waals surface area contributed by atoms with Gasteiger partial charge in [0.15, 0.2) is 0 Å². The van der Waals surface area contributed by atoms with Crippen LogP contribution < -0.4 is 0 Å². The van der Waals surface area contributed by atoms with Gasteiger partial charge in [0.25, 0.3) is 0 Å². The first-order valence-electron chi connectivity index (χ1n) is 9.94. The molecule has 138 valence electrons. The molecule has 0 amide bonds. The molecule has 0 saturated heterocycles.